The molecule has 0 unspecified atom stereocenters. The van der Waals surface area contributed by atoms with Crippen molar-refractivity contribution in [3.8, 4) is 5.75 Å². The third-order valence-electron chi connectivity index (χ3n) is 3.19. The molecule has 1 aromatic rings. The van der Waals surface area contributed by atoms with Gasteiger partial charge in [0.1, 0.15) is 23.8 Å². The van der Waals surface area contributed by atoms with Gasteiger partial charge in [-0.1, -0.05) is 6.07 Å². The lowest BCUT2D eigenvalue weighted by atomic mass is 9.93. The molecule has 0 bridgehead atoms. The summed E-state index contributed by atoms with van der Waals surface area (Å²) in [6.07, 6.45) is 1.34. The highest BCUT2D eigenvalue weighted by atomic mass is 19.1. The molecule has 1 fully saturated rings. The highest BCUT2D eigenvalue weighted by Crippen LogP contribution is 2.21. The van der Waals surface area contributed by atoms with Crippen LogP contribution in [0.25, 0.3) is 0 Å². The van der Waals surface area contributed by atoms with Gasteiger partial charge in [-0.3, -0.25) is 0 Å². The average Bonchev–Trinajstić information content (AvgIpc) is 2.32. The average molecular weight is 239 g/mol. The van der Waals surface area contributed by atoms with E-state index < -0.39 is 5.60 Å². The van der Waals surface area contributed by atoms with Crippen LogP contribution in [0.4, 0.5) is 4.39 Å². The number of nitrogens with one attached hydrogen (secondary N) is 1. The monoisotopic (exact) mass is 239 g/mol. The van der Waals surface area contributed by atoms with E-state index in [1.807, 2.05) is 0 Å². The van der Waals surface area contributed by atoms with Crippen molar-refractivity contribution in [2.45, 2.75) is 25.4 Å². The standard InChI is InChI=1S/C13H18FNO2/c1-10-2-3-11(8-12(10)14)17-9-13(16)4-6-15-7-5-13/h2-3,8,15-16H,4-7,9H2,1H3. The van der Waals surface area contributed by atoms with Crippen molar-refractivity contribution >= 4 is 0 Å². The van der Waals surface area contributed by atoms with Gasteiger partial charge < -0.3 is 15.2 Å². The molecule has 1 heterocycles. The van der Waals surface area contributed by atoms with E-state index in [-0.39, 0.29) is 12.4 Å². The van der Waals surface area contributed by atoms with Gasteiger partial charge >= 0.3 is 0 Å². The summed E-state index contributed by atoms with van der Waals surface area (Å²) < 4.78 is 18.8. The van der Waals surface area contributed by atoms with Crippen molar-refractivity contribution in [1.29, 1.82) is 0 Å². The van der Waals surface area contributed by atoms with Crippen LogP contribution in [0.3, 0.4) is 0 Å². The molecule has 0 radical (unpaired) electrons. The van der Waals surface area contributed by atoms with Crippen molar-refractivity contribution in [2.24, 2.45) is 0 Å². The van der Waals surface area contributed by atoms with Crippen molar-refractivity contribution < 1.29 is 14.2 Å². The first-order chi connectivity index (χ1) is 8.09. The maximum Gasteiger partial charge on any atom is 0.129 e. The third-order valence-corrected chi connectivity index (χ3v) is 3.19. The molecule has 1 aliphatic heterocycles. The Bertz CT molecular complexity index is 389. The molecule has 0 spiro atoms. The fourth-order valence-corrected chi connectivity index (χ4v) is 1.92. The van der Waals surface area contributed by atoms with Crippen LogP contribution in [0.1, 0.15) is 18.4 Å². The van der Waals surface area contributed by atoms with Gasteiger partial charge in [-0.25, -0.2) is 4.39 Å². The molecule has 0 aliphatic carbocycles. The number of halogens is 1. The first-order valence-corrected chi connectivity index (χ1v) is 5.91. The van der Waals surface area contributed by atoms with Crippen LogP contribution in [0.2, 0.25) is 0 Å². The Kier molecular flexibility index (Phi) is 3.64. The molecule has 1 aromatic carbocycles. The van der Waals surface area contributed by atoms with E-state index in [9.17, 15) is 9.50 Å². The van der Waals surface area contributed by atoms with Crippen molar-refractivity contribution in [2.75, 3.05) is 19.7 Å². The van der Waals surface area contributed by atoms with Crippen LogP contribution >= 0.6 is 0 Å². The van der Waals surface area contributed by atoms with E-state index in [1.165, 1.54) is 6.07 Å². The smallest absolute Gasteiger partial charge is 0.129 e. The van der Waals surface area contributed by atoms with Gasteiger partial charge in [-0.05, 0) is 44.5 Å². The van der Waals surface area contributed by atoms with E-state index in [2.05, 4.69) is 5.32 Å². The van der Waals surface area contributed by atoms with Crippen LogP contribution in [-0.4, -0.2) is 30.4 Å². The molecular formula is C13H18FNO2. The minimum atomic E-state index is -0.785. The SMILES string of the molecule is Cc1ccc(OCC2(O)CCNCC2)cc1F. The van der Waals surface area contributed by atoms with Crippen molar-refractivity contribution in [3.05, 3.63) is 29.6 Å². The molecule has 1 saturated heterocycles. The van der Waals surface area contributed by atoms with Crippen molar-refractivity contribution in [3.63, 3.8) is 0 Å². The highest BCUT2D eigenvalue weighted by molar-refractivity contribution is 5.28. The Morgan fingerprint density at radius 1 is 1.41 bits per heavy atom. The van der Waals surface area contributed by atoms with Gasteiger partial charge in [0.25, 0.3) is 0 Å². The van der Waals surface area contributed by atoms with Crippen LogP contribution < -0.4 is 10.1 Å². The number of rotatable bonds is 3. The predicted octanol–water partition coefficient (Wildman–Crippen LogP) is 1.63. The predicted molar refractivity (Wildman–Crippen MR) is 63.7 cm³/mol. The second kappa shape index (κ2) is 5.02. The van der Waals surface area contributed by atoms with Gasteiger partial charge in [0, 0.05) is 6.07 Å². The molecule has 0 amide bonds. The molecule has 94 valence electrons. The topological polar surface area (TPSA) is 41.5 Å². The van der Waals surface area contributed by atoms with Gasteiger partial charge in [-0.2, -0.15) is 0 Å². The molecule has 17 heavy (non-hydrogen) atoms. The zero-order chi connectivity index (χ0) is 12.3. The van der Waals surface area contributed by atoms with Gasteiger partial charge in [0.2, 0.25) is 0 Å². The van der Waals surface area contributed by atoms with Crippen LogP contribution in [0, 0.1) is 12.7 Å². The summed E-state index contributed by atoms with van der Waals surface area (Å²) in [7, 11) is 0. The quantitative estimate of drug-likeness (QED) is 0.842. The summed E-state index contributed by atoms with van der Waals surface area (Å²) in [6, 6.07) is 4.76. The number of benzene rings is 1. The third kappa shape index (κ3) is 3.17. The summed E-state index contributed by atoms with van der Waals surface area (Å²) in [4.78, 5) is 0. The summed E-state index contributed by atoms with van der Waals surface area (Å²) in [6.45, 7) is 3.51. The number of aliphatic hydroxyl groups is 1. The largest absolute Gasteiger partial charge is 0.490 e. The number of aryl methyl sites for hydroxylation is 1. The maximum absolute atomic E-state index is 13.3. The van der Waals surface area contributed by atoms with Gasteiger partial charge in [-0.15, -0.1) is 0 Å². The van der Waals surface area contributed by atoms with Crippen LogP contribution in [0.15, 0.2) is 18.2 Å². The van der Waals surface area contributed by atoms with Gasteiger partial charge in [0.15, 0.2) is 0 Å². The second-order valence-electron chi connectivity index (χ2n) is 4.67. The number of hydrogen-bond acceptors (Lipinski definition) is 3. The van der Waals surface area contributed by atoms with Crippen molar-refractivity contribution in [1.82, 2.24) is 5.32 Å². The summed E-state index contributed by atoms with van der Waals surface area (Å²) in [5.74, 6) is 0.194. The lowest BCUT2D eigenvalue weighted by molar-refractivity contribution is -0.0286. The lowest BCUT2D eigenvalue weighted by Crippen LogP contribution is -2.45. The van der Waals surface area contributed by atoms with Gasteiger partial charge in [0.05, 0.1) is 0 Å². The highest BCUT2D eigenvalue weighted by Gasteiger charge is 2.29. The summed E-state index contributed by atoms with van der Waals surface area (Å²) >= 11 is 0. The molecule has 1 aliphatic rings. The molecule has 4 heteroatoms. The fraction of sp³-hybridized carbons (Fsp3) is 0.538. The minimum Gasteiger partial charge on any atom is -0.490 e. The lowest BCUT2D eigenvalue weighted by Gasteiger charge is -2.32. The van der Waals surface area contributed by atoms with E-state index in [0.717, 1.165) is 13.1 Å². The summed E-state index contributed by atoms with van der Waals surface area (Å²) in [5.41, 5.74) is -0.190. The molecule has 0 saturated carbocycles. The maximum atomic E-state index is 13.3. The molecule has 0 aromatic heterocycles. The Labute approximate surface area is 101 Å². The first-order valence-electron chi connectivity index (χ1n) is 5.91. The van der Waals surface area contributed by atoms with Crippen LogP contribution in [-0.2, 0) is 0 Å². The normalized spacial score (nSPS) is 19.0. The Balaban J connectivity index is 1.94. The Morgan fingerprint density at radius 3 is 2.76 bits per heavy atom. The zero-order valence-electron chi connectivity index (χ0n) is 10.0. The Hall–Kier alpha value is -1.13. The van der Waals surface area contributed by atoms with Crippen LogP contribution in [0.5, 0.6) is 5.75 Å². The van der Waals surface area contributed by atoms with E-state index in [0.29, 0.717) is 24.2 Å². The second-order valence-corrected chi connectivity index (χ2v) is 4.67. The summed E-state index contributed by atoms with van der Waals surface area (Å²) in [5, 5.41) is 13.4. The van der Waals surface area contributed by atoms with E-state index in [4.69, 9.17) is 4.74 Å². The molecular weight excluding hydrogens is 221 g/mol. The zero-order valence-corrected chi connectivity index (χ0v) is 10.0. The number of ether oxygens (including phenoxy) is 1. The van der Waals surface area contributed by atoms with E-state index >= 15 is 0 Å². The minimum absolute atomic E-state index is 0.219. The molecule has 3 nitrogen and oxygen atoms in total. The van der Waals surface area contributed by atoms with E-state index in [1.54, 1.807) is 19.1 Å². The fourth-order valence-electron chi connectivity index (χ4n) is 1.92. The number of hydrogen-bond donors (Lipinski definition) is 2. The first kappa shape index (κ1) is 12.3. The molecule has 2 N–H and O–H groups in total. The molecule has 2 rings (SSSR count). The number of piperidine rings is 1. The Morgan fingerprint density at radius 2 is 2.12 bits per heavy atom. The molecule has 0 atom stereocenters.